The molecule has 80 valence electrons. The van der Waals surface area contributed by atoms with Crippen molar-refractivity contribution < 1.29 is 0 Å². The van der Waals surface area contributed by atoms with E-state index in [1.54, 1.807) is 0 Å². The molecule has 0 aliphatic carbocycles. The van der Waals surface area contributed by atoms with Crippen LogP contribution in [0.15, 0.2) is 0 Å². The molecule has 13 heavy (non-hydrogen) atoms. The predicted octanol–water partition coefficient (Wildman–Crippen LogP) is 4.89. The van der Waals surface area contributed by atoms with Gasteiger partial charge in [-0.1, -0.05) is 61.3 Å². The monoisotopic (exact) mass is 184 g/mol. The van der Waals surface area contributed by atoms with Crippen molar-refractivity contribution in [2.24, 2.45) is 16.7 Å². The second-order valence-corrected chi connectivity index (χ2v) is 6.72. The zero-order valence-corrected chi connectivity index (χ0v) is 10.7. The second-order valence-electron chi connectivity index (χ2n) is 6.72. The third-order valence-corrected chi connectivity index (χ3v) is 3.04. The van der Waals surface area contributed by atoms with Crippen molar-refractivity contribution in [2.45, 2.75) is 67.7 Å². The van der Waals surface area contributed by atoms with Gasteiger partial charge in [0.05, 0.1) is 0 Å². The van der Waals surface area contributed by atoms with Gasteiger partial charge in [0.2, 0.25) is 0 Å². The molecule has 0 saturated carbocycles. The highest BCUT2D eigenvalue weighted by Crippen LogP contribution is 2.31. The Bertz CT molecular complexity index is 131. The van der Waals surface area contributed by atoms with Crippen molar-refractivity contribution in [2.75, 3.05) is 0 Å². The number of hydrogen-bond donors (Lipinski definition) is 0. The molecule has 0 heterocycles. The molecule has 0 aromatic carbocycles. The van der Waals surface area contributed by atoms with Gasteiger partial charge in [0.15, 0.2) is 0 Å². The van der Waals surface area contributed by atoms with Crippen molar-refractivity contribution in [3.8, 4) is 0 Å². The summed E-state index contributed by atoms with van der Waals surface area (Å²) >= 11 is 0. The normalized spacial score (nSPS) is 15.9. The topological polar surface area (TPSA) is 0 Å². The fraction of sp³-hybridized carbons (Fsp3) is 1.00. The van der Waals surface area contributed by atoms with Crippen LogP contribution in [0.4, 0.5) is 0 Å². The summed E-state index contributed by atoms with van der Waals surface area (Å²) in [4.78, 5) is 0. The maximum absolute atomic E-state index is 2.38. The first-order valence-electron chi connectivity index (χ1n) is 5.63. The van der Waals surface area contributed by atoms with E-state index in [4.69, 9.17) is 0 Å². The summed E-state index contributed by atoms with van der Waals surface area (Å²) in [6.45, 7) is 16.4. The average molecular weight is 184 g/mol. The molecule has 0 N–H and O–H groups in total. The lowest BCUT2D eigenvalue weighted by atomic mass is 9.78. The van der Waals surface area contributed by atoms with Gasteiger partial charge in [-0.2, -0.15) is 0 Å². The molecule has 0 saturated heterocycles. The summed E-state index contributed by atoms with van der Waals surface area (Å²) in [5, 5.41) is 0. The first-order valence-corrected chi connectivity index (χ1v) is 5.63. The molecule has 0 radical (unpaired) electrons. The Morgan fingerprint density at radius 2 is 1.38 bits per heavy atom. The summed E-state index contributed by atoms with van der Waals surface area (Å²) in [6.07, 6.45) is 4.11. The van der Waals surface area contributed by atoms with Crippen LogP contribution in [-0.4, -0.2) is 0 Å². The Kier molecular flexibility index (Phi) is 4.48. The first-order chi connectivity index (χ1) is 5.63. The van der Waals surface area contributed by atoms with Crippen molar-refractivity contribution in [1.82, 2.24) is 0 Å². The van der Waals surface area contributed by atoms with Crippen LogP contribution in [0.5, 0.6) is 0 Å². The molecule has 1 unspecified atom stereocenters. The van der Waals surface area contributed by atoms with E-state index in [1.165, 1.54) is 19.3 Å². The molecule has 0 aliphatic heterocycles. The molecular weight excluding hydrogens is 156 g/mol. The standard InChI is InChI=1S/C13H28/c1-11(13(5,6)7)9-8-10-12(2,3)4/h11H,8-10H2,1-7H3. The molecule has 0 aromatic rings. The van der Waals surface area contributed by atoms with Gasteiger partial charge in [0.25, 0.3) is 0 Å². The largest absolute Gasteiger partial charge is 0.0620 e. The summed E-state index contributed by atoms with van der Waals surface area (Å²) in [6, 6.07) is 0. The molecule has 0 heteroatoms. The highest BCUT2D eigenvalue weighted by Gasteiger charge is 2.20. The maximum atomic E-state index is 2.38. The van der Waals surface area contributed by atoms with Gasteiger partial charge < -0.3 is 0 Å². The molecule has 0 nitrogen and oxygen atoms in total. The van der Waals surface area contributed by atoms with Crippen molar-refractivity contribution in [3.63, 3.8) is 0 Å². The van der Waals surface area contributed by atoms with E-state index >= 15 is 0 Å². The Labute approximate surface area is 85.1 Å². The van der Waals surface area contributed by atoms with Crippen LogP contribution in [0.2, 0.25) is 0 Å². The Morgan fingerprint density at radius 1 is 0.923 bits per heavy atom. The van der Waals surface area contributed by atoms with Crippen molar-refractivity contribution in [3.05, 3.63) is 0 Å². The zero-order chi connectivity index (χ0) is 10.7. The third-order valence-electron chi connectivity index (χ3n) is 3.04. The SMILES string of the molecule is CC(CCCC(C)(C)C)C(C)(C)C. The minimum absolute atomic E-state index is 0.484. The van der Waals surface area contributed by atoms with Crippen molar-refractivity contribution in [1.29, 1.82) is 0 Å². The Hall–Kier alpha value is 0. The van der Waals surface area contributed by atoms with Gasteiger partial charge in [0, 0.05) is 0 Å². The fourth-order valence-corrected chi connectivity index (χ4v) is 1.37. The minimum Gasteiger partial charge on any atom is -0.0620 e. The molecule has 0 aliphatic rings. The molecule has 0 rings (SSSR count). The lowest BCUT2D eigenvalue weighted by molar-refractivity contribution is 0.229. The van der Waals surface area contributed by atoms with E-state index < -0.39 is 0 Å². The molecule has 1 atom stereocenters. The van der Waals surface area contributed by atoms with E-state index in [1.807, 2.05) is 0 Å². The lowest BCUT2D eigenvalue weighted by Gasteiger charge is -2.28. The maximum Gasteiger partial charge on any atom is -0.0357 e. The quantitative estimate of drug-likeness (QED) is 0.586. The molecule has 0 fully saturated rings. The first kappa shape index (κ1) is 13.0. The number of rotatable bonds is 3. The highest BCUT2D eigenvalue weighted by molar-refractivity contribution is 4.71. The van der Waals surface area contributed by atoms with Gasteiger partial charge >= 0.3 is 0 Å². The van der Waals surface area contributed by atoms with Crippen molar-refractivity contribution >= 4 is 0 Å². The van der Waals surface area contributed by atoms with E-state index in [0.29, 0.717) is 10.8 Å². The van der Waals surface area contributed by atoms with Gasteiger partial charge in [0.1, 0.15) is 0 Å². The molecule has 0 amide bonds. The summed E-state index contributed by atoms with van der Waals surface area (Å²) < 4.78 is 0. The molecule has 0 spiro atoms. The predicted molar refractivity (Wildman–Crippen MR) is 61.9 cm³/mol. The minimum atomic E-state index is 0.484. The van der Waals surface area contributed by atoms with Crippen LogP contribution in [0.1, 0.15) is 67.7 Å². The van der Waals surface area contributed by atoms with Gasteiger partial charge in [-0.05, 0) is 23.2 Å². The van der Waals surface area contributed by atoms with E-state index in [-0.39, 0.29) is 0 Å². The van der Waals surface area contributed by atoms with Crippen LogP contribution in [0.25, 0.3) is 0 Å². The zero-order valence-electron chi connectivity index (χ0n) is 10.7. The van der Waals surface area contributed by atoms with E-state index in [2.05, 4.69) is 48.5 Å². The fourth-order valence-electron chi connectivity index (χ4n) is 1.37. The number of hydrogen-bond acceptors (Lipinski definition) is 0. The Morgan fingerprint density at radius 3 is 1.69 bits per heavy atom. The van der Waals surface area contributed by atoms with Crippen LogP contribution < -0.4 is 0 Å². The summed E-state index contributed by atoms with van der Waals surface area (Å²) in [5.74, 6) is 0.842. The van der Waals surface area contributed by atoms with Gasteiger partial charge in [-0.3, -0.25) is 0 Å². The van der Waals surface area contributed by atoms with Gasteiger partial charge in [-0.25, -0.2) is 0 Å². The Balaban J connectivity index is 3.67. The van der Waals surface area contributed by atoms with Gasteiger partial charge in [-0.15, -0.1) is 0 Å². The summed E-state index contributed by atoms with van der Waals surface area (Å²) in [5.41, 5.74) is 0.996. The highest BCUT2D eigenvalue weighted by atomic mass is 14.3. The van der Waals surface area contributed by atoms with E-state index in [9.17, 15) is 0 Å². The average Bonchev–Trinajstić information content (AvgIpc) is 1.82. The van der Waals surface area contributed by atoms with Crippen LogP contribution in [0, 0.1) is 16.7 Å². The van der Waals surface area contributed by atoms with Crippen LogP contribution in [-0.2, 0) is 0 Å². The second kappa shape index (κ2) is 4.48. The smallest absolute Gasteiger partial charge is 0.0357 e. The lowest BCUT2D eigenvalue weighted by Crippen LogP contribution is -2.17. The van der Waals surface area contributed by atoms with E-state index in [0.717, 1.165) is 5.92 Å². The molecular formula is C13H28. The molecule has 0 bridgehead atoms. The summed E-state index contributed by atoms with van der Waals surface area (Å²) in [7, 11) is 0. The van der Waals surface area contributed by atoms with Crippen LogP contribution >= 0.6 is 0 Å². The molecule has 0 aromatic heterocycles. The third kappa shape index (κ3) is 7.10. The van der Waals surface area contributed by atoms with Crippen LogP contribution in [0.3, 0.4) is 0 Å².